The highest BCUT2D eigenvalue weighted by molar-refractivity contribution is 5.81. The van der Waals surface area contributed by atoms with Crippen LogP contribution in [0.2, 0.25) is 0 Å². The van der Waals surface area contributed by atoms with Crippen molar-refractivity contribution in [2.75, 3.05) is 0 Å². The molecule has 0 radical (unpaired) electrons. The lowest BCUT2D eigenvalue weighted by Gasteiger charge is -2.02. The number of aromatic nitrogens is 2. The molecule has 1 heterocycles. The lowest BCUT2D eigenvalue weighted by molar-refractivity contribution is 1.17. The number of nitrogens with zero attached hydrogens (tertiary/aromatic N) is 1. The average Bonchev–Trinajstić information content (AvgIpc) is 2.91. The van der Waals surface area contributed by atoms with Crippen molar-refractivity contribution in [1.29, 1.82) is 0 Å². The molecule has 0 fully saturated rings. The molecule has 0 aliphatic heterocycles. The maximum atomic E-state index is 4.41. The Hall–Kier alpha value is -2.09. The van der Waals surface area contributed by atoms with Crippen molar-refractivity contribution in [3.05, 3.63) is 53.9 Å². The summed E-state index contributed by atoms with van der Waals surface area (Å²) in [7, 11) is 0. The van der Waals surface area contributed by atoms with Crippen LogP contribution in [0.4, 0.5) is 0 Å². The zero-order valence-electron chi connectivity index (χ0n) is 14.0. The van der Waals surface area contributed by atoms with Crippen molar-refractivity contribution in [2.45, 2.75) is 49.0 Å². The average molecular weight is 298 g/mol. The van der Waals surface area contributed by atoms with E-state index in [1.165, 1.54) is 16.7 Å². The molecule has 0 spiro atoms. The predicted octanol–water partition coefficient (Wildman–Crippen LogP) is 6.54. The maximum Gasteiger partial charge on any atom is 0.104 e. The smallest absolute Gasteiger partial charge is 0.104 e. The number of aryl methyl sites for hydroxylation is 2. The topological polar surface area (TPSA) is 28.7 Å². The Morgan fingerprint density at radius 2 is 1.32 bits per heavy atom. The maximum absolute atomic E-state index is 4.41. The second-order valence-corrected chi connectivity index (χ2v) is 4.42. The zero-order valence-corrected chi connectivity index (χ0v) is 14.0. The van der Waals surface area contributed by atoms with Crippen LogP contribution < -0.4 is 0 Å². The van der Waals surface area contributed by atoms with E-state index in [9.17, 15) is 0 Å². The molecule has 0 bridgehead atoms. The van der Waals surface area contributed by atoms with Gasteiger partial charge in [-0.25, -0.2) is 4.98 Å². The monoisotopic (exact) mass is 298 g/mol. The van der Waals surface area contributed by atoms with E-state index in [-0.39, 0.29) is 7.43 Å². The molecule has 0 saturated heterocycles. The lowest BCUT2D eigenvalue weighted by Crippen LogP contribution is -1.79. The molecule has 2 heteroatoms. The third-order valence-electron chi connectivity index (χ3n) is 2.99. The standard InChI is InChI=1S/C15H14N2.2C2H6.CH4/c1-10-3-5-12(6-4-10)13-7-8-14-15(9-13)17-11(2)16-14;2*1-2;/h3-9H,1-2H3,(H,16,17);2*1-2H3;1H4. The van der Waals surface area contributed by atoms with Crippen LogP contribution in [0.3, 0.4) is 0 Å². The Morgan fingerprint density at radius 1 is 0.773 bits per heavy atom. The highest BCUT2D eigenvalue weighted by Gasteiger charge is 2.02. The summed E-state index contributed by atoms with van der Waals surface area (Å²) in [6.07, 6.45) is 0. The van der Waals surface area contributed by atoms with Crippen LogP contribution >= 0.6 is 0 Å². The Balaban J connectivity index is 0.000000819. The first-order chi connectivity index (χ1) is 10.2. The van der Waals surface area contributed by atoms with Crippen molar-refractivity contribution in [3.8, 4) is 11.1 Å². The zero-order chi connectivity index (χ0) is 15.8. The van der Waals surface area contributed by atoms with Gasteiger partial charge in [0.15, 0.2) is 0 Å². The second kappa shape index (κ2) is 9.78. The molecule has 120 valence electrons. The number of hydrogen-bond donors (Lipinski definition) is 1. The fourth-order valence-corrected chi connectivity index (χ4v) is 2.06. The van der Waals surface area contributed by atoms with Gasteiger partial charge in [0.05, 0.1) is 11.0 Å². The summed E-state index contributed by atoms with van der Waals surface area (Å²) in [5, 5.41) is 0. The van der Waals surface area contributed by atoms with E-state index in [2.05, 4.69) is 59.4 Å². The normalized spacial score (nSPS) is 9.00. The quantitative estimate of drug-likeness (QED) is 0.543. The number of imidazole rings is 1. The molecule has 0 atom stereocenters. The SMILES string of the molecule is C.CC.CC.Cc1ccc(-c2ccc3nc(C)[nH]c3c2)cc1. The summed E-state index contributed by atoms with van der Waals surface area (Å²) in [5.74, 6) is 0.959. The first-order valence-corrected chi connectivity index (χ1v) is 7.76. The Labute approximate surface area is 135 Å². The minimum atomic E-state index is 0. The number of fused-ring (bicyclic) bond motifs is 1. The van der Waals surface area contributed by atoms with E-state index >= 15 is 0 Å². The number of nitrogens with one attached hydrogen (secondary N) is 1. The fourth-order valence-electron chi connectivity index (χ4n) is 2.06. The molecule has 22 heavy (non-hydrogen) atoms. The molecule has 3 aromatic rings. The minimum absolute atomic E-state index is 0. The number of benzene rings is 2. The van der Waals surface area contributed by atoms with Crippen LogP contribution in [0.1, 0.15) is 46.5 Å². The Morgan fingerprint density at radius 3 is 1.91 bits per heavy atom. The van der Waals surface area contributed by atoms with E-state index in [1.54, 1.807) is 0 Å². The molecule has 1 N–H and O–H groups in total. The van der Waals surface area contributed by atoms with E-state index in [1.807, 2.05) is 34.6 Å². The van der Waals surface area contributed by atoms with Gasteiger partial charge in [0.2, 0.25) is 0 Å². The summed E-state index contributed by atoms with van der Waals surface area (Å²) < 4.78 is 0. The Kier molecular flexibility index (Phi) is 8.85. The van der Waals surface area contributed by atoms with E-state index in [0.29, 0.717) is 0 Å². The highest BCUT2D eigenvalue weighted by Crippen LogP contribution is 2.23. The van der Waals surface area contributed by atoms with Crippen molar-refractivity contribution in [2.24, 2.45) is 0 Å². The summed E-state index contributed by atoms with van der Waals surface area (Å²) in [5.41, 5.74) is 5.87. The van der Waals surface area contributed by atoms with Crippen LogP contribution in [0.15, 0.2) is 42.5 Å². The number of rotatable bonds is 1. The molecule has 0 aliphatic carbocycles. The van der Waals surface area contributed by atoms with E-state index < -0.39 is 0 Å². The van der Waals surface area contributed by atoms with Gasteiger partial charge in [0.1, 0.15) is 5.82 Å². The molecule has 0 unspecified atom stereocenters. The first kappa shape index (κ1) is 19.9. The van der Waals surface area contributed by atoms with Gasteiger partial charge in [0.25, 0.3) is 0 Å². The van der Waals surface area contributed by atoms with Gasteiger partial charge >= 0.3 is 0 Å². The van der Waals surface area contributed by atoms with Crippen LogP contribution in [0.25, 0.3) is 22.2 Å². The molecule has 0 aliphatic rings. The van der Waals surface area contributed by atoms with E-state index in [0.717, 1.165) is 16.9 Å². The van der Waals surface area contributed by atoms with Crippen LogP contribution in [0, 0.1) is 13.8 Å². The van der Waals surface area contributed by atoms with Gasteiger partial charge in [-0.3, -0.25) is 0 Å². The van der Waals surface area contributed by atoms with Crippen LogP contribution in [-0.2, 0) is 0 Å². The number of H-pyrrole nitrogens is 1. The molecule has 0 saturated carbocycles. The molecular formula is C20H30N2. The van der Waals surface area contributed by atoms with Crippen molar-refractivity contribution < 1.29 is 0 Å². The highest BCUT2D eigenvalue weighted by atomic mass is 14.9. The largest absolute Gasteiger partial charge is 0.342 e. The van der Waals surface area contributed by atoms with Crippen LogP contribution in [-0.4, -0.2) is 9.97 Å². The third-order valence-corrected chi connectivity index (χ3v) is 2.99. The van der Waals surface area contributed by atoms with Gasteiger partial charge in [-0.05, 0) is 37.1 Å². The van der Waals surface area contributed by atoms with Gasteiger partial charge in [-0.2, -0.15) is 0 Å². The molecule has 0 amide bonds. The van der Waals surface area contributed by atoms with Crippen LogP contribution in [0.5, 0.6) is 0 Å². The second-order valence-electron chi connectivity index (χ2n) is 4.42. The Bertz CT molecular complexity index is 664. The first-order valence-electron chi connectivity index (χ1n) is 7.76. The molecule has 3 rings (SSSR count). The van der Waals surface area contributed by atoms with Gasteiger partial charge in [0, 0.05) is 0 Å². The minimum Gasteiger partial charge on any atom is -0.342 e. The van der Waals surface area contributed by atoms with Gasteiger partial charge in [-0.15, -0.1) is 0 Å². The van der Waals surface area contributed by atoms with E-state index in [4.69, 9.17) is 0 Å². The van der Waals surface area contributed by atoms with Crippen molar-refractivity contribution in [3.63, 3.8) is 0 Å². The van der Waals surface area contributed by atoms with Gasteiger partial charge in [-0.1, -0.05) is 71.0 Å². The lowest BCUT2D eigenvalue weighted by atomic mass is 10.0. The third kappa shape index (κ3) is 4.73. The molecule has 2 nitrogen and oxygen atoms in total. The summed E-state index contributed by atoms with van der Waals surface area (Å²) >= 11 is 0. The number of hydrogen-bond acceptors (Lipinski definition) is 1. The van der Waals surface area contributed by atoms with Crippen molar-refractivity contribution in [1.82, 2.24) is 9.97 Å². The summed E-state index contributed by atoms with van der Waals surface area (Å²) in [6, 6.07) is 14.9. The number of aromatic amines is 1. The predicted molar refractivity (Wildman–Crippen MR) is 100 cm³/mol. The fraction of sp³-hybridized carbons (Fsp3) is 0.350. The summed E-state index contributed by atoms with van der Waals surface area (Å²) in [4.78, 5) is 7.68. The molecular weight excluding hydrogens is 268 g/mol. The molecule has 2 aromatic carbocycles. The molecule has 1 aromatic heterocycles. The summed E-state index contributed by atoms with van der Waals surface area (Å²) in [6.45, 7) is 12.1. The van der Waals surface area contributed by atoms with Crippen molar-refractivity contribution >= 4 is 11.0 Å². The van der Waals surface area contributed by atoms with Gasteiger partial charge < -0.3 is 4.98 Å².